The number of nitrogens with zero attached hydrogens (tertiary/aromatic N) is 3. The Kier molecular flexibility index (Phi) is 5.52. The van der Waals surface area contributed by atoms with E-state index < -0.39 is 10.0 Å². The van der Waals surface area contributed by atoms with Gasteiger partial charge in [0.2, 0.25) is 5.95 Å². The van der Waals surface area contributed by atoms with Crippen LogP contribution in [0, 0.1) is 6.92 Å². The van der Waals surface area contributed by atoms with Gasteiger partial charge in [-0.05, 0) is 55.5 Å². The molecule has 138 valence electrons. The predicted molar refractivity (Wildman–Crippen MR) is 107 cm³/mol. The Morgan fingerprint density at radius 1 is 1.15 bits per heavy atom. The second-order valence-corrected chi connectivity index (χ2v) is 8.18. The number of aromatic nitrogens is 2. The van der Waals surface area contributed by atoms with Gasteiger partial charge < -0.3 is 5.11 Å². The van der Waals surface area contributed by atoms with Crippen molar-refractivity contribution in [2.75, 3.05) is 4.72 Å². The van der Waals surface area contributed by atoms with Gasteiger partial charge in [-0.1, -0.05) is 15.9 Å². The number of aryl methyl sites for hydroxylation is 1. The molecule has 2 N–H and O–H groups in total. The monoisotopic (exact) mass is 446 g/mol. The molecule has 0 spiro atoms. The van der Waals surface area contributed by atoms with Crippen molar-refractivity contribution in [1.29, 1.82) is 0 Å². The van der Waals surface area contributed by atoms with Crippen LogP contribution in [0.25, 0.3) is 0 Å². The van der Waals surface area contributed by atoms with Crippen LogP contribution in [0.4, 0.5) is 11.6 Å². The molecule has 0 radical (unpaired) electrons. The number of phenolic OH excluding ortho intramolecular Hbond substituents is 1. The third-order valence-corrected chi connectivity index (χ3v) is 5.35. The summed E-state index contributed by atoms with van der Waals surface area (Å²) in [5, 5.41) is 9.81. The van der Waals surface area contributed by atoms with E-state index in [0.717, 1.165) is 4.47 Å². The Morgan fingerprint density at radius 3 is 2.59 bits per heavy atom. The summed E-state index contributed by atoms with van der Waals surface area (Å²) in [6, 6.07) is 12.7. The molecule has 3 rings (SSSR count). The van der Waals surface area contributed by atoms with E-state index in [9.17, 15) is 13.5 Å². The third kappa shape index (κ3) is 4.89. The topological polar surface area (TPSA) is 105 Å². The Hall–Kier alpha value is -2.78. The van der Waals surface area contributed by atoms with E-state index >= 15 is 0 Å². The van der Waals surface area contributed by atoms with E-state index in [2.05, 4.69) is 35.6 Å². The Bertz CT molecular complexity index is 1100. The molecule has 0 aliphatic heterocycles. The van der Waals surface area contributed by atoms with Crippen LogP contribution in [0.3, 0.4) is 0 Å². The summed E-state index contributed by atoms with van der Waals surface area (Å²) in [5.41, 5.74) is 1.74. The van der Waals surface area contributed by atoms with Gasteiger partial charge in [0.15, 0.2) is 0 Å². The fourth-order valence-electron chi connectivity index (χ4n) is 2.16. The van der Waals surface area contributed by atoms with Crippen LogP contribution in [-0.4, -0.2) is 29.7 Å². The maximum atomic E-state index is 12.4. The molecule has 7 nitrogen and oxygen atoms in total. The first-order chi connectivity index (χ1) is 12.8. The molecule has 3 aromatic rings. The van der Waals surface area contributed by atoms with Crippen LogP contribution < -0.4 is 4.72 Å². The normalized spacial score (nSPS) is 11.6. The average molecular weight is 447 g/mol. The molecular formula is C18H15BrN4O3S. The summed E-state index contributed by atoms with van der Waals surface area (Å²) in [6.07, 6.45) is 2.98. The number of anilines is 1. The Balaban J connectivity index is 1.78. The fourth-order valence-corrected chi connectivity index (χ4v) is 3.49. The van der Waals surface area contributed by atoms with Gasteiger partial charge in [-0.25, -0.2) is 23.1 Å². The van der Waals surface area contributed by atoms with Crippen molar-refractivity contribution < 1.29 is 13.5 Å². The van der Waals surface area contributed by atoms with Crippen molar-refractivity contribution in [1.82, 2.24) is 9.97 Å². The van der Waals surface area contributed by atoms with Gasteiger partial charge in [0.25, 0.3) is 10.0 Å². The van der Waals surface area contributed by atoms with Gasteiger partial charge in [-0.15, -0.1) is 0 Å². The maximum Gasteiger partial charge on any atom is 0.264 e. The van der Waals surface area contributed by atoms with E-state index in [-0.39, 0.29) is 16.6 Å². The Labute approximate surface area is 165 Å². The standard InChI is InChI=1S/C18H15BrN4O3S/c1-12-8-9-20-18(22-12)23-27(25,26)16-5-3-15(4-6-16)21-11-13-10-14(19)2-7-17(13)24/h2-11,24H,1H3,(H,20,22,23). The largest absolute Gasteiger partial charge is 0.507 e. The van der Waals surface area contributed by atoms with Crippen LogP contribution in [0.15, 0.2) is 69.1 Å². The number of benzene rings is 2. The lowest BCUT2D eigenvalue weighted by Crippen LogP contribution is -2.15. The van der Waals surface area contributed by atoms with E-state index in [1.165, 1.54) is 24.5 Å². The van der Waals surface area contributed by atoms with E-state index in [1.807, 2.05) is 0 Å². The second kappa shape index (κ2) is 7.85. The molecule has 1 aromatic heterocycles. The molecule has 0 aliphatic rings. The molecule has 9 heteroatoms. The number of hydrogen-bond donors (Lipinski definition) is 2. The lowest BCUT2D eigenvalue weighted by atomic mass is 10.2. The van der Waals surface area contributed by atoms with Gasteiger partial charge in [0.05, 0.1) is 10.6 Å². The number of hydrogen-bond acceptors (Lipinski definition) is 6. The summed E-state index contributed by atoms with van der Waals surface area (Å²) < 4.78 is 28.0. The molecule has 0 unspecified atom stereocenters. The van der Waals surface area contributed by atoms with Gasteiger partial charge in [-0.2, -0.15) is 0 Å². The zero-order valence-corrected chi connectivity index (χ0v) is 16.6. The Morgan fingerprint density at radius 2 is 1.89 bits per heavy atom. The van der Waals surface area contributed by atoms with Crippen molar-refractivity contribution in [2.24, 2.45) is 4.99 Å². The van der Waals surface area contributed by atoms with Crippen molar-refractivity contribution in [3.8, 4) is 5.75 Å². The van der Waals surface area contributed by atoms with Crippen LogP contribution in [0.5, 0.6) is 5.75 Å². The predicted octanol–water partition coefficient (Wildman–Crippen LogP) is 3.80. The molecular weight excluding hydrogens is 432 g/mol. The van der Waals surface area contributed by atoms with Crippen molar-refractivity contribution in [2.45, 2.75) is 11.8 Å². The number of phenols is 1. The van der Waals surface area contributed by atoms with E-state index in [4.69, 9.17) is 0 Å². The minimum absolute atomic E-state index is 0.0160. The smallest absolute Gasteiger partial charge is 0.264 e. The highest BCUT2D eigenvalue weighted by Crippen LogP contribution is 2.22. The van der Waals surface area contributed by atoms with Crippen molar-refractivity contribution in [3.63, 3.8) is 0 Å². The third-order valence-electron chi connectivity index (χ3n) is 3.51. The summed E-state index contributed by atoms with van der Waals surface area (Å²) in [5.74, 6) is 0.116. The number of halogens is 1. The molecule has 0 saturated carbocycles. The number of sulfonamides is 1. The van der Waals surface area contributed by atoms with Crippen LogP contribution in [0.1, 0.15) is 11.3 Å². The quantitative estimate of drug-likeness (QED) is 0.579. The van der Waals surface area contributed by atoms with Crippen LogP contribution >= 0.6 is 15.9 Å². The first-order valence-electron chi connectivity index (χ1n) is 7.79. The molecule has 0 aliphatic carbocycles. The lowest BCUT2D eigenvalue weighted by molar-refractivity contribution is 0.474. The number of rotatable bonds is 5. The number of aromatic hydroxyl groups is 1. The first-order valence-corrected chi connectivity index (χ1v) is 10.1. The highest BCUT2D eigenvalue weighted by molar-refractivity contribution is 9.10. The zero-order valence-electron chi connectivity index (χ0n) is 14.2. The van der Waals surface area contributed by atoms with Crippen molar-refractivity contribution >= 4 is 43.8 Å². The molecule has 1 heterocycles. The van der Waals surface area contributed by atoms with E-state index in [1.54, 1.807) is 43.3 Å². The number of nitrogens with one attached hydrogen (secondary N) is 1. The molecule has 0 amide bonds. The first kappa shape index (κ1) is 19.0. The fraction of sp³-hybridized carbons (Fsp3) is 0.0556. The summed E-state index contributed by atoms with van der Waals surface area (Å²) in [6.45, 7) is 1.75. The summed E-state index contributed by atoms with van der Waals surface area (Å²) in [7, 11) is -3.80. The molecule has 2 aromatic carbocycles. The lowest BCUT2D eigenvalue weighted by Gasteiger charge is -2.07. The SMILES string of the molecule is Cc1ccnc(NS(=O)(=O)c2ccc(N=Cc3cc(Br)ccc3O)cc2)n1. The van der Waals surface area contributed by atoms with Gasteiger partial charge in [-0.3, -0.25) is 4.99 Å². The van der Waals surface area contributed by atoms with Crippen LogP contribution in [-0.2, 0) is 10.0 Å². The minimum atomic E-state index is -3.80. The molecule has 0 bridgehead atoms. The number of aliphatic imine (C=N–C) groups is 1. The van der Waals surface area contributed by atoms with Gasteiger partial charge >= 0.3 is 0 Å². The van der Waals surface area contributed by atoms with Gasteiger partial charge in [0, 0.05) is 28.1 Å². The highest BCUT2D eigenvalue weighted by Gasteiger charge is 2.15. The highest BCUT2D eigenvalue weighted by atomic mass is 79.9. The van der Waals surface area contributed by atoms with Gasteiger partial charge in [0.1, 0.15) is 5.75 Å². The second-order valence-electron chi connectivity index (χ2n) is 5.58. The molecule has 0 fully saturated rings. The molecule has 0 atom stereocenters. The maximum absolute atomic E-state index is 12.4. The molecule has 0 saturated heterocycles. The van der Waals surface area contributed by atoms with E-state index in [0.29, 0.717) is 16.9 Å². The summed E-state index contributed by atoms with van der Waals surface area (Å²) >= 11 is 3.33. The van der Waals surface area contributed by atoms with Crippen LogP contribution in [0.2, 0.25) is 0 Å². The minimum Gasteiger partial charge on any atom is -0.507 e. The summed E-state index contributed by atoms with van der Waals surface area (Å²) in [4.78, 5) is 12.2. The average Bonchev–Trinajstić information content (AvgIpc) is 2.62. The van der Waals surface area contributed by atoms with Crippen molar-refractivity contribution in [3.05, 3.63) is 70.5 Å². The molecule has 27 heavy (non-hydrogen) atoms. The zero-order chi connectivity index (χ0) is 19.4.